The standard InChI is InChI=1S/C16H17ClFN3/c1-2-19-16-11-6-4-8-13(11)20-14(21-16)9-10-5-3-7-12(17)15(10)18/h3,5,7H,2,4,6,8-9H2,1H3,(H,19,20,21). The first kappa shape index (κ1) is 14.3. The molecule has 21 heavy (non-hydrogen) atoms. The van der Waals surface area contributed by atoms with Crippen molar-refractivity contribution in [1.29, 1.82) is 0 Å². The Bertz CT molecular complexity index is 673. The minimum absolute atomic E-state index is 0.139. The third kappa shape index (κ3) is 2.86. The summed E-state index contributed by atoms with van der Waals surface area (Å²) in [4.78, 5) is 9.17. The Morgan fingerprint density at radius 2 is 2.14 bits per heavy atom. The summed E-state index contributed by atoms with van der Waals surface area (Å²) in [5, 5.41) is 3.43. The molecule has 110 valence electrons. The molecule has 0 amide bonds. The highest BCUT2D eigenvalue weighted by Gasteiger charge is 2.19. The number of halogens is 2. The molecule has 0 radical (unpaired) electrons. The molecule has 2 aromatic rings. The molecule has 0 bridgehead atoms. The van der Waals surface area contributed by atoms with Gasteiger partial charge in [0.1, 0.15) is 17.5 Å². The molecule has 3 rings (SSSR count). The third-order valence-corrected chi connectivity index (χ3v) is 4.00. The zero-order chi connectivity index (χ0) is 14.8. The molecular formula is C16H17ClFN3. The maximum absolute atomic E-state index is 14.0. The van der Waals surface area contributed by atoms with Gasteiger partial charge in [0.05, 0.1) is 5.02 Å². The Morgan fingerprint density at radius 1 is 1.29 bits per heavy atom. The van der Waals surface area contributed by atoms with Crippen molar-refractivity contribution in [3.63, 3.8) is 0 Å². The lowest BCUT2D eigenvalue weighted by Gasteiger charge is -2.11. The van der Waals surface area contributed by atoms with Crippen LogP contribution in [-0.4, -0.2) is 16.5 Å². The van der Waals surface area contributed by atoms with Crippen LogP contribution >= 0.6 is 11.6 Å². The highest BCUT2D eigenvalue weighted by Crippen LogP contribution is 2.27. The van der Waals surface area contributed by atoms with Crippen molar-refractivity contribution in [2.75, 3.05) is 11.9 Å². The predicted molar refractivity (Wildman–Crippen MR) is 82.4 cm³/mol. The van der Waals surface area contributed by atoms with E-state index >= 15 is 0 Å². The van der Waals surface area contributed by atoms with Gasteiger partial charge in [-0.1, -0.05) is 23.7 Å². The second-order valence-corrected chi connectivity index (χ2v) is 5.59. The van der Waals surface area contributed by atoms with E-state index in [-0.39, 0.29) is 10.8 Å². The number of aromatic nitrogens is 2. The van der Waals surface area contributed by atoms with E-state index in [9.17, 15) is 4.39 Å². The van der Waals surface area contributed by atoms with Crippen molar-refractivity contribution < 1.29 is 4.39 Å². The Balaban J connectivity index is 1.96. The van der Waals surface area contributed by atoms with Crippen LogP contribution < -0.4 is 5.32 Å². The molecule has 1 aromatic carbocycles. The van der Waals surface area contributed by atoms with E-state index in [1.807, 2.05) is 6.92 Å². The van der Waals surface area contributed by atoms with Crippen LogP contribution in [0, 0.1) is 5.82 Å². The summed E-state index contributed by atoms with van der Waals surface area (Å²) in [6.45, 7) is 2.86. The molecule has 0 unspecified atom stereocenters. The Labute approximate surface area is 128 Å². The SMILES string of the molecule is CCNc1nc(Cc2cccc(Cl)c2F)nc2c1CCC2. The van der Waals surface area contributed by atoms with Crippen LogP contribution in [0.15, 0.2) is 18.2 Å². The number of hydrogen-bond acceptors (Lipinski definition) is 3. The fourth-order valence-electron chi connectivity index (χ4n) is 2.73. The van der Waals surface area contributed by atoms with E-state index in [0.717, 1.165) is 37.3 Å². The van der Waals surface area contributed by atoms with Gasteiger partial charge >= 0.3 is 0 Å². The first-order valence-corrected chi connectivity index (χ1v) is 7.62. The van der Waals surface area contributed by atoms with Gasteiger partial charge in [0.15, 0.2) is 0 Å². The number of rotatable bonds is 4. The van der Waals surface area contributed by atoms with E-state index in [1.165, 1.54) is 5.56 Å². The molecule has 3 nitrogen and oxygen atoms in total. The molecule has 1 heterocycles. The van der Waals surface area contributed by atoms with E-state index in [2.05, 4.69) is 15.3 Å². The summed E-state index contributed by atoms with van der Waals surface area (Å²) in [5.41, 5.74) is 2.84. The third-order valence-electron chi connectivity index (χ3n) is 3.70. The number of nitrogens with zero attached hydrogens (tertiary/aromatic N) is 2. The van der Waals surface area contributed by atoms with Gasteiger partial charge in [-0.25, -0.2) is 14.4 Å². The molecule has 1 N–H and O–H groups in total. The van der Waals surface area contributed by atoms with Crippen LogP contribution in [0.3, 0.4) is 0 Å². The first-order valence-electron chi connectivity index (χ1n) is 7.24. The van der Waals surface area contributed by atoms with Gasteiger partial charge in [-0.3, -0.25) is 0 Å². The maximum Gasteiger partial charge on any atom is 0.145 e. The highest BCUT2D eigenvalue weighted by atomic mass is 35.5. The Morgan fingerprint density at radius 3 is 2.95 bits per heavy atom. The van der Waals surface area contributed by atoms with Gasteiger partial charge in [0, 0.05) is 24.2 Å². The van der Waals surface area contributed by atoms with Crippen molar-refractivity contribution in [1.82, 2.24) is 9.97 Å². The van der Waals surface area contributed by atoms with Gasteiger partial charge in [0.25, 0.3) is 0 Å². The van der Waals surface area contributed by atoms with Crippen molar-refractivity contribution in [2.45, 2.75) is 32.6 Å². The number of fused-ring (bicyclic) bond motifs is 1. The second kappa shape index (κ2) is 5.98. The fourth-order valence-corrected chi connectivity index (χ4v) is 2.93. The first-order chi connectivity index (χ1) is 10.2. The van der Waals surface area contributed by atoms with Crippen molar-refractivity contribution in [3.8, 4) is 0 Å². The number of nitrogens with one attached hydrogen (secondary N) is 1. The lowest BCUT2D eigenvalue weighted by atomic mass is 10.1. The van der Waals surface area contributed by atoms with Gasteiger partial charge in [0.2, 0.25) is 0 Å². The monoisotopic (exact) mass is 305 g/mol. The Kier molecular flexibility index (Phi) is 4.06. The summed E-state index contributed by atoms with van der Waals surface area (Å²) < 4.78 is 14.0. The highest BCUT2D eigenvalue weighted by molar-refractivity contribution is 6.30. The molecule has 1 aliphatic carbocycles. The molecule has 0 saturated heterocycles. The van der Waals surface area contributed by atoms with Crippen LogP contribution in [0.4, 0.5) is 10.2 Å². The molecule has 0 atom stereocenters. The zero-order valence-electron chi connectivity index (χ0n) is 11.9. The molecule has 0 spiro atoms. The number of hydrogen-bond donors (Lipinski definition) is 1. The molecule has 0 aliphatic heterocycles. The fraction of sp³-hybridized carbons (Fsp3) is 0.375. The molecule has 0 fully saturated rings. The van der Waals surface area contributed by atoms with Crippen LogP contribution in [0.1, 0.15) is 36.0 Å². The van der Waals surface area contributed by atoms with Gasteiger partial charge in [-0.2, -0.15) is 0 Å². The van der Waals surface area contributed by atoms with Gasteiger partial charge < -0.3 is 5.32 Å². The minimum atomic E-state index is -0.381. The number of anilines is 1. The summed E-state index contributed by atoms with van der Waals surface area (Å²) in [6, 6.07) is 5.03. The minimum Gasteiger partial charge on any atom is -0.370 e. The largest absolute Gasteiger partial charge is 0.370 e. The van der Waals surface area contributed by atoms with Crippen LogP contribution in [0.25, 0.3) is 0 Å². The average molecular weight is 306 g/mol. The molecule has 1 aromatic heterocycles. The summed E-state index contributed by atoms with van der Waals surface area (Å²) in [5.74, 6) is 1.17. The molecule has 5 heteroatoms. The molecule has 1 aliphatic rings. The van der Waals surface area contributed by atoms with Crippen LogP contribution in [0.5, 0.6) is 0 Å². The Hall–Kier alpha value is -1.68. The predicted octanol–water partition coefficient (Wildman–Crippen LogP) is 3.78. The van der Waals surface area contributed by atoms with Crippen molar-refractivity contribution in [3.05, 3.63) is 51.7 Å². The quantitative estimate of drug-likeness (QED) is 0.934. The van der Waals surface area contributed by atoms with E-state index in [4.69, 9.17) is 11.6 Å². The lowest BCUT2D eigenvalue weighted by Crippen LogP contribution is -2.09. The summed E-state index contributed by atoms with van der Waals surface area (Å²) >= 11 is 5.83. The lowest BCUT2D eigenvalue weighted by molar-refractivity contribution is 0.612. The summed E-state index contributed by atoms with van der Waals surface area (Å²) in [7, 11) is 0. The van der Waals surface area contributed by atoms with Crippen molar-refractivity contribution >= 4 is 17.4 Å². The van der Waals surface area contributed by atoms with E-state index in [0.29, 0.717) is 17.8 Å². The van der Waals surface area contributed by atoms with Crippen LogP contribution in [0.2, 0.25) is 5.02 Å². The second-order valence-electron chi connectivity index (χ2n) is 5.19. The zero-order valence-corrected chi connectivity index (χ0v) is 12.7. The maximum atomic E-state index is 14.0. The van der Waals surface area contributed by atoms with Crippen molar-refractivity contribution in [2.24, 2.45) is 0 Å². The number of aryl methyl sites for hydroxylation is 1. The van der Waals surface area contributed by atoms with Gasteiger partial charge in [-0.15, -0.1) is 0 Å². The topological polar surface area (TPSA) is 37.8 Å². The van der Waals surface area contributed by atoms with E-state index < -0.39 is 0 Å². The smallest absolute Gasteiger partial charge is 0.145 e. The number of benzene rings is 1. The summed E-state index contributed by atoms with van der Waals surface area (Å²) in [6.07, 6.45) is 3.46. The molecular weight excluding hydrogens is 289 g/mol. The average Bonchev–Trinajstić information content (AvgIpc) is 2.93. The molecule has 0 saturated carbocycles. The van der Waals surface area contributed by atoms with Crippen LogP contribution in [-0.2, 0) is 19.3 Å². The normalized spacial score (nSPS) is 13.3. The van der Waals surface area contributed by atoms with E-state index in [1.54, 1.807) is 18.2 Å². The van der Waals surface area contributed by atoms with Gasteiger partial charge in [-0.05, 0) is 37.8 Å².